The Bertz CT molecular complexity index is 949. The molecular weight excluding hydrogens is 384 g/mol. The molecule has 152 valence electrons. The Kier molecular flexibility index (Phi) is 6.92. The van der Waals surface area contributed by atoms with Gasteiger partial charge in [0.2, 0.25) is 21.8 Å². The molecular formula is C18H24N4O5S. The number of benzene rings is 1. The molecule has 0 saturated heterocycles. The standard InChI is InChI=1S/C18H24N4O5S/c1-11(15-6-5-7-16(10-15)21-14(4)23)20-17(24)8-9-19-28(25,26)18-12(2)22-27-13(18)3/h5-7,10-11,19H,8-9H2,1-4H3,(H,20,24)(H,21,23). The van der Waals surface area contributed by atoms with Crippen LogP contribution in [0.1, 0.15) is 43.3 Å². The van der Waals surface area contributed by atoms with Gasteiger partial charge in [-0.25, -0.2) is 13.1 Å². The van der Waals surface area contributed by atoms with Crippen molar-refractivity contribution >= 4 is 27.5 Å². The minimum Gasteiger partial charge on any atom is -0.360 e. The Morgan fingerprint density at radius 3 is 2.57 bits per heavy atom. The fourth-order valence-corrected chi connectivity index (χ4v) is 4.07. The number of nitrogens with one attached hydrogen (secondary N) is 3. The molecule has 1 atom stereocenters. The topological polar surface area (TPSA) is 130 Å². The molecule has 1 heterocycles. The van der Waals surface area contributed by atoms with E-state index in [9.17, 15) is 18.0 Å². The van der Waals surface area contributed by atoms with Crippen LogP contribution >= 0.6 is 0 Å². The average Bonchev–Trinajstić information content (AvgIpc) is 2.93. The van der Waals surface area contributed by atoms with Crippen LogP contribution in [-0.2, 0) is 19.6 Å². The zero-order chi connectivity index (χ0) is 20.9. The summed E-state index contributed by atoms with van der Waals surface area (Å²) in [6.07, 6.45) is -0.0294. The molecule has 0 radical (unpaired) electrons. The van der Waals surface area contributed by atoms with Gasteiger partial charge in [-0.3, -0.25) is 9.59 Å². The van der Waals surface area contributed by atoms with Crippen LogP contribution in [0.4, 0.5) is 5.69 Å². The van der Waals surface area contributed by atoms with E-state index >= 15 is 0 Å². The minimum atomic E-state index is -3.80. The maximum Gasteiger partial charge on any atom is 0.245 e. The van der Waals surface area contributed by atoms with E-state index in [4.69, 9.17) is 4.52 Å². The summed E-state index contributed by atoms with van der Waals surface area (Å²) in [6, 6.07) is 6.83. The quantitative estimate of drug-likeness (QED) is 0.610. The highest BCUT2D eigenvalue weighted by atomic mass is 32.2. The van der Waals surface area contributed by atoms with Gasteiger partial charge in [-0.15, -0.1) is 0 Å². The maximum absolute atomic E-state index is 12.3. The summed E-state index contributed by atoms with van der Waals surface area (Å²) in [6.45, 7) is 6.21. The van der Waals surface area contributed by atoms with Gasteiger partial charge in [0, 0.05) is 25.6 Å². The van der Waals surface area contributed by atoms with Crippen LogP contribution in [0.5, 0.6) is 0 Å². The van der Waals surface area contributed by atoms with Crippen LogP contribution in [-0.4, -0.2) is 31.9 Å². The number of aromatic nitrogens is 1. The highest BCUT2D eigenvalue weighted by Gasteiger charge is 2.24. The van der Waals surface area contributed by atoms with Gasteiger partial charge in [0.15, 0.2) is 5.76 Å². The molecule has 1 unspecified atom stereocenters. The number of aryl methyl sites for hydroxylation is 2. The molecule has 1 aromatic carbocycles. The van der Waals surface area contributed by atoms with Crippen LogP contribution in [0.3, 0.4) is 0 Å². The van der Waals surface area contributed by atoms with Crippen LogP contribution in [0.25, 0.3) is 0 Å². The first kappa shape index (κ1) is 21.6. The molecule has 0 saturated carbocycles. The summed E-state index contributed by atoms with van der Waals surface area (Å²) in [7, 11) is -3.80. The van der Waals surface area contributed by atoms with Gasteiger partial charge in [0.05, 0.1) is 6.04 Å². The molecule has 0 fully saturated rings. The van der Waals surface area contributed by atoms with E-state index in [-0.39, 0.29) is 47.2 Å². The van der Waals surface area contributed by atoms with Crippen molar-refractivity contribution in [3.05, 3.63) is 41.3 Å². The Labute approximate surface area is 163 Å². The van der Waals surface area contributed by atoms with Gasteiger partial charge in [-0.05, 0) is 38.5 Å². The van der Waals surface area contributed by atoms with E-state index in [2.05, 4.69) is 20.5 Å². The first-order valence-electron chi connectivity index (χ1n) is 8.69. The number of hydrogen-bond donors (Lipinski definition) is 3. The van der Waals surface area contributed by atoms with E-state index in [1.54, 1.807) is 25.1 Å². The molecule has 28 heavy (non-hydrogen) atoms. The summed E-state index contributed by atoms with van der Waals surface area (Å²) in [4.78, 5) is 23.3. The lowest BCUT2D eigenvalue weighted by molar-refractivity contribution is -0.121. The number of rotatable bonds is 8. The molecule has 3 N–H and O–H groups in total. The van der Waals surface area contributed by atoms with Crippen molar-refractivity contribution in [1.82, 2.24) is 15.2 Å². The Morgan fingerprint density at radius 2 is 1.96 bits per heavy atom. The molecule has 2 aromatic rings. The normalized spacial score (nSPS) is 12.4. The smallest absolute Gasteiger partial charge is 0.245 e. The van der Waals surface area contributed by atoms with Crippen molar-refractivity contribution in [1.29, 1.82) is 0 Å². The Hall–Kier alpha value is -2.72. The van der Waals surface area contributed by atoms with Crippen molar-refractivity contribution in [2.24, 2.45) is 0 Å². The number of hydrogen-bond acceptors (Lipinski definition) is 6. The van der Waals surface area contributed by atoms with E-state index < -0.39 is 10.0 Å². The number of amides is 2. The maximum atomic E-state index is 12.3. The lowest BCUT2D eigenvalue weighted by atomic mass is 10.1. The van der Waals surface area contributed by atoms with Crippen molar-refractivity contribution in [2.45, 2.75) is 45.1 Å². The predicted octanol–water partition coefficient (Wildman–Crippen LogP) is 1.80. The SMILES string of the molecule is CC(=O)Nc1cccc(C(C)NC(=O)CCNS(=O)(=O)c2c(C)noc2C)c1. The van der Waals surface area contributed by atoms with Crippen LogP contribution < -0.4 is 15.4 Å². The molecule has 0 bridgehead atoms. The van der Waals surface area contributed by atoms with Crippen LogP contribution in [0.15, 0.2) is 33.7 Å². The van der Waals surface area contributed by atoms with Crippen molar-refractivity contribution in [3.8, 4) is 0 Å². The molecule has 0 aliphatic carbocycles. The highest BCUT2D eigenvalue weighted by Crippen LogP contribution is 2.19. The van der Waals surface area contributed by atoms with Gasteiger partial charge in [-0.2, -0.15) is 0 Å². The second-order valence-corrected chi connectivity index (χ2v) is 8.10. The third-order valence-corrected chi connectivity index (χ3v) is 5.67. The first-order valence-corrected chi connectivity index (χ1v) is 10.2. The Morgan fingerprint density at radius 1 is 1.25 bits per heavy atom. The molecule has 10 heteroatoms. The van der Waals surface area contributed by atoms with Crippen molar-refractivity contribution in [2.75, 3.05) is 11.9 Å². The number of anilines is 1. The molecule has 1 aromatic heterocycles. The van der Waals surface area contributed by atoms with Gasteiger partial charge in [-0.1, -0.05) is 17.3 Å². The zero-order valence-corrected chi connectivity index (χ0v) is 17.0. The van der Waals surface area contributed by atoms with Gasteiger partial charge in [0.25, 0.3) is 0 Å². The summed E-state index contributed by atoms with van der Waals surface area (Å²) in [5, 5.41) is 9.11. The van der Waals surface area contributed by atoms with Crippen molar-refractivity contribution < 1.29 is 22.5 Å². The Balaban J connectivity index is 1.89. The molecule has 2 rings (SSSR count). The molecule has 2 amide bonds. The fourth-order valence-electron chi connectivity index (χ4n) is 2.72. The van der Waals surface area contributed by atoms with Gasteiger partial charge < -0.3 is 15.2 Å². The molecule has 0 aliphatic rings. The van der Waals surface area contributed by atoms with Gasteiger partial charge >= 0.3 is 0 Å². The van der Waals surface area contributed by atoms with Crippen LogP contribution in [0, 0.1) is 13.8 Å². The summed E-state index contributed by atoms with van der Waals surface area (Å²) < 4.78 is 31.9. The molecule has 0 spiro atoms. The van der Waals surface area contributed by atoms with Gasteiger partial charge in [0.1, 0.15) is 10.6 Å². The van der Waals surface area contributed by atoms with Crippen molar-refractivity contribution in [3.63, 3.8) is 0 Å². The average molecular weight is 408 g/mol. The highest BCUT2D eigenvalue weighted by molar-refractivity contribution is 7.89. The lowest BCUT2D eigenvalue weighted by Gasteiger charge is -2.15. The number of carbonyl (C=O) groups excluding carboxylic acids is 2. The van der Waals surface area contributed by atoms with Crippen LogP contribution in [0.2, 0.25) is 0 Å². The number of carbonyl (C=O) groups is 2. The molecule has 0 aliphatic heterocycles. The molecule has 9 nitrogen and oxygen atoms in total. The van der Waals surface area contributed by atoms with E-state index in [0.29, 0.717) is 5.69 Å². The van der Waals surface area contributed by atoms with E-state index in [1.807, 2.05) is 6.07 Å². The second kappa shape index (κ2) is 8.98. The first-order chi connectivity index (χ1) is 13.1. The van der Waals surface area contributed by atoms with E-state index in [0.717, 1.165) is 5.56 Å². The third-order valence-electron chi connectivity index (χ3n) is 3.97. The summed E-state index contributed by atoms with van der Waals surface area (Å²) in [5.41, 5.74) is 1.72. The monoisotopic (exact) mass is 408 g/mol. The third kappa shape index (κ3) is 5.64. The lowest BCUT2D eigenvalue weighted by Crippen LogP contribution is -2.32. The predicted molar refractivity (Wildman–Crippen MR) is 103 cm³/mol. The largest absolute Gasteiger partial charge is 0.360 e. The van der Waals surface area contributed by atoms with E-state index in [1.165, 1.54) is 20.8 Å². The second-order valence-electron chi connectivity index (χ2n) is 6.40. The summed E-state index contributed by atoms with van der Waals surface area (Å²) >= 11 is 0. The zero-order valence-electron chi connectivity index (χ0n) is 16.2. The number of sulfonamides is 1. The fraction of sp³-hybridized carbons (Fsp3) is 0.389. The summed E-state index contributed by atoms with van der Waals surface area (Å²) in [5.74, 6) is -0.291. The number of nitrogens with zero attached hydrogens (tertiary/aromatic N) is 1. The minimum absolute atomic E-state index is 0.00365.